The van der Waals surface area contributed by atoms with E-state index in [1.165, 1.54) is 16.7 Å². The number of benzene rings is 2. The van der Waals surface area contributed by atoms with E-state index in [1.807, 2.05) is 20.0 Å². The number of halogens is 1. The Morgan fingerprint density at radius 1 is 1.00 bits per heavy atom. The Bertz CT molecular complexity index is 587. The van der Waals surface area contributed by atoms with Gasteiger partial charge in [0.2, 0.25) is 0 Å². The summed E-state index contributed by atoms with van der Waals surface area (Å²) in [7, 11) is 2.00. The Morgan fingerprint density at radius 2 is 1.62 bits per heavy atom. The Labute approximate surface area is 133 Å². The highest BCUT2D eigenvalue weighted by Gasteiger charge is 2.13. The number of rotatable bonds is 5. The molecular formula is C19H24ClN. The molecule has 112 valence electrons. The summed E-state index contributed by atoms with van der Waals surface area (Å²) in [6.45, 7) is 6.55. The molecule has 0 aliphatic heterocycles. The van der Waals surface area contributed by atoms with Crippen LogP contribution in [0.5, 0.6) is 0 Å². The summed E-state index contributed by atoms with van der Waals surface area (Å²) in [6, 6.07) is 15.4. The average molecular weight is 302 g/mol. The van der Waals surface area contributed by atoms with E-state index in [-0.39, 0.29) is 6.04 Å². The van der Waals surface area contributed by atoms with Crippen LogP contribution in [-0.4, -0.2) is 7.05 Å². The first-order valence-corrected chi connectivity index (χ1v) is 7.91. The molecule has 2 aromatic carbocycles. The van der Waals surface area contributed by atoms with Crippen molar-refractivity contribution in [1.29, 1.82) is 0 Å². The summed E-state index contributed by atoms with van der Waals surface area (Å²) in [5.41, 5.74) is 5.05. The lowest BCUT2D eigenvalue weighted by atomic mass is 9.95. The van der Waals surface area contributed by atoms with Crippen molar-refractivity contribution in [3.63, 3.8) is 0 Å². The molecular weight excluding hydrogens is 278 g/mol. The van der Waals surface area contributed by atoms with Crippen LogP contribution in [0.1, 0.15) is 42.1 Å². The second-order valence-corrected chi connectivity index (χ2v) is 6.48. The van der Waals surface area contributed by atoms with Gasteiger partial charge in [0.05, 0.1) is 6.04 Å². The number of hydrogen-bond donors (Lipinski definition) is 1. The molecule has 1 unspecified atom stereocenters. The van der Waals surface area contributed by atoms with Crippen molar-refractivity contribution in [2.75, 3.05) is 7.05 Å². The van der Waals surface area contributed by atoms with Gasteiger partial charge in [-0.15, -0.1) is 0 Å². The summed E-state index contributed by atoms with van der Waals surface area (Å²) < 4.78 is 0. The Morgan fingerprint density at radius 3 is 2.14 bits per heavy atom. The van der Waals surface area contributed by atoms with E-state index in [4.69, 9.17) is 11.6 Å². The molecule has 2 heteroatoms. The third kappa shape index (κ3) is 4.09. The van der Waals surface area contributed by atoms with Gasteiger partial charge in [-0.2, -0.15) is 0 Å². The van der Waals surface area contributed by atoms with Gasteiger partial charge in [-0.05, 0) is 54.6 Å². The van der Waals surface area contributed by atoms with Gasteiger partial charge in [0.25, 0.3) is 0 Å². The highest BCUT2D eigenvalue weighted by molar-refractivity contribution is 6.31. The van der Waals surface area contributed by atoms with Crippen molar-refractivity contribution in [2.45, 2.75) is 33.2 Å². The second-order valence-electron chi connectivity index (χ2n) is 6.07. The smallest absolute Gasteiger partial charge is 0.0574 e. The van der Waals surface area contributed by atoms with Crippen molar-refractivity contribution in [2.24, 2.45) is 5.92 Å². The minimum absolute atomic E-state index is 0.203. The largest absolute Gasteiger partial charge is 0.309 e. The van der Waals surface area contributed by atoms with Crippen molar-refractivity contribution in [3.05, 3.63) is 69.7 Å². The fourth-order valence-corrected chi connectivity index (χ4v) is 2.81. The minimum atomic E-state index is 0.203. The second kappa shape index (κ2) is 7.11. The quantitative estimate of drug-likeness (QED) is 0.804. The van der Waals surface area contributed by atoms with Crippen LogP contribution in [0.25, 0.3) is 0 Å². The molecule has 0 amide bonds. The fraction of sp³-hybridized carbons (Fsp3) is 0.368. The molecule has 1 nitrogen and oxygen atoms in total. The average Bonchev–Trinajstić information content (AvgIpc) is 2.45. The van der Waals surface area contributed by atoms with Crippen LogP contribution < -0.4 is 5.32 Å². The molecule has 2 rings (SSSR count). The van der Waals surface area contributed by atoms with Crippen molar-refractivity contribution in [1.82, 2.24) is 5.32 Å². The SMILES string of the molecule is CNC(c1ccc(CC(C)C)cc1)c1ccc(Cl)c(C)c1. The zero-order chi connectivity index (χ0) is 15.4. The molecule has 0 aromatic heterocycles. The summed E-state index contributed by atoms with van der Waals surface area (Å²) in [6.07, 6.45) is 1.13. The first-order chi connectivity index (χ1) is 10.0. The summed E-state index contributed by atoms with van der Waals surface area (Å²) >= 11 is 6.12. The van der Waals surface area contributed by atoms with Crippen LogP contribution in [0, 0.1) is 12.8 Å². The lowest BCUT2D eigenvalue weighted by molar-refractivity contribution is 0.645. The molecule has 0 heterocycles. The van der Waals surface area contributed by atoms with E-state index in [9.17, 15) is 0 Å². The van der Waals surface area contributed by atoms with Gasteiger partial charge in [0, 0.05) is 5.02 Å². The van der Waals surface area contributed by atoms with Crippen LogP contribution in [0.2, 0.25) is 5.02 Å². The number of aryl methyl sites for hydroxylation is 1. The zero-order valence-corrected chi connectivity index (χ0v) is 14.0. The maximum absolute atomic E-state index is 6.12. The molecule has 0 aliphatic carbocycles. The van der Waals surface area contributed by atoms with E-state index < -0.39 is 0 Å². The topological polar surface area (TPSA) is 12.0 Å². The molecule has 2 aromatic rings. The van der Waals surface area contributed by atoms with Gasteiger partial charge in [-0.3, -0.25) is 0 Å². The third-order valence-corrected chi connectivity index (χ3v) is 4.19. The highest BCUT2D eigenvalue weighted by atomic mass is 35.5. The molecule has 0 spiro atoms. The molecule has 0 saturated heterocycles. The molecule has 21 heavy (non-hydrogen) atoms. The van der Waals surface area contributed by atoms with E-state index in [1.54, 1.807) is 0 Å². The summed E-state index contributed by atoms with van der Waals surface area (Å²) in [5.74, 6) is 0.690. The molecule has 0 aliphatic rings. The van der Waals surface area contributed by atoms with Crippen molar-refractivity contribution in [3.8, 4) is 0 Å². The van der Waals surface area contributed by atoms with E-state index in [0.717, 1.165) is 17.0 Å². The lowest BCUT2D eigenvalue weighted by Crippen LogP contribution is -2.17. The first kappa shape index (κ1) is 16.1. The van der Waals surface area contributed by atoms with Crippen LogP contribution >= 0.6 is 11.6 Å². The molecule has 0 bridgehead atoms. The van der Waals surface area contributed by atoms with Crippen molar-refractivity contribution >= 4 is 11.6 Å². The van der Waals surface area contributed by atoms with Gasteiger partial charge in [-0.1, -0.05) is 61.8 Å². The van der Waals surface area contributed by atoms with Gasteiger partial charge in [-0.25, -0.2) is 0 Å². The molecule has 1 atom stereocenters. The van der Waals surface area contributed by atoms with E-state index in [0.29, 0.717) is 5.92 Å². The predicted octanol–water partition coefficient (Wildman–Crippen LogP) is 5.16. The third-order valence-electron chi connectivity index (χ3n) is 3.76. The van der Waals surface area contributed by atoms with Crippen LogP contribution in [-0.2, 0) is 6.42 Å². The van der Waals surface area contributed by atoms with Crippen LogP contribution in [0.15, 0.2) is 42.5 Å². The number of nitrogens with one attached hydrogen (secondary N) is 1. The minimum Gasteiger partial charge on any atom is -0.309 e. The summed E-state index contributed by atoms with van der Waals surface area (Å²) in [4.78, 5) is 0. The predicted molar refractivity (Wildman–Crippen MR) is 92.1 cm³/mol. The zero-order valence-electron chi connectivity index (χ0n) is 13.3. The molecule has 1 N–H and O–H groups in total. The van der Waals surface area contributed by atoms with Crippen LogP contribution in [0.3, 0.4) is 0 Å². The van der Waals surface area contributed by atoms with E-state index >= 15 is 0 Å². The highest BCUT2D eigenvalue weighted by Crippen LogP contribution is 2.26. The monoisotopic (exact) mass is 301 g/mol. The standard InChI is InChI=1S/C19H24ClN/c1-13(2)11-15-5-7-16(8-6-15)19(21-4)17-9-10-18(20)14(3)12-17/h5-10,12-13,19,21H,11H2,1-4H3. The lowest BCUT2D eigenvalue weighted by Gasteiger charge is -2.19. The van der Waals surface area contributed by atoms with Gasteiger partial charge in [0.15, 0.2) is 0 Å². The maximum Gasteiger partial charge on any atom is 0.0574 e. The Hall–Kier alpha value is -1.31. The molecule has 0 saturated carbocycles. The number of hydrogen-bond acceptors (Lipinski definition) is 1. The van der Waals surface area contributed by atoms with Crippen molar-refractivity contribution < 1.29 is 0 Å². The van der Waals surface area contributed by atoms with Gasteiger partial charge in [0.1, 0.15) is 0 Å². The Kier molecular flexibility index (Phi) is 5.44. The maximum atomic E-state index is 6.12. The Balaban J connectivity index is 2.26. The molecule has 0 radical (unpaired) electrons. The van der Waals surface area contributed by atoms with Gasteiger partial charge >= 0.3 is 0 Å². The van der Waals surface area contributed by atoms with Gasteiger partial charge < -0.3 is 5.32 Å². The first-order valence-electron chi connectivity index (χ1n) is 7.53. The molecule has 0 fully saturated rings. The van der Waals surface area contributed by atoms with Crippen LogP contribution in [0.4, 0.5) is 0 Å². The van der Waals surface area contributed by atoms with E-state index in [2.05, 4.69) is 55.6 Å². The normalized spacial score (nSPS) is 12.7. The summed E-state index contributed by atoms with van der Waals surface area (Å²) in [5, 5.41) is 4.22. The fourth-order valence-electron chi connectivity index (χ4n) is 2.69.